The van der Waals surface area contributed by atoms with Crippen molar-refractivity contribution in [2.24, 2.45) is 10.7 Å². The number of amidine groups is 1. The first-order chi connectivity index (χ1) is 14.4. The minimum atomic E-state index is -3.52. The molecule has 0 unspecified atom stereocenters. The summed E-state index contributed by atoms with van der Waals surface area (Å²) in [7, 11) is -1.52. The second kappa shape index (κ2) is 8.17. The second-order valence-electron chi connectivity index (χ2n) is 7.62. The van der Waals surface area contributed by atoms with Crippen molar-refractivity contribution >= 4 is 27.2 Å². The van der Waals surface area contributed by atoms with E-state index < -0.39 is 10.0 Å². The molecular formula is C21H26N6O2S. The molecule has 0 spiro atoms. The zero-order chi connectivity index (χ0) is 21.3. The molecule has 30 heavy (non-hydrogen) atoms. The zero-order valence-electron chi connectivity index (χ0n) is 17.2. The molecule has 1 aromatic heterocycles. The SMILES string of the molecule is Cc1cc(C2=CN=C(N)CN2c2cccnc2)ccc1S(=O)(=O)N1CCN(C)CC1. The molecule has 2 aliphatic rings. The molecular weight excluding hydrogens is 400 g/mol. The molecule has 0 saturated carbocycles. The largest absolute Gasteiger partial charge is 0.386 e. The predicted molar refractivity (Wildman–Crippen MR) is 119 cm³/mol. The van der Waals surface area contributed by atoms with Gasteiger partial charge in [-0.15, -0.1) is 0 Å². The van der Waals surface area contributed by atoms with Crippen molar-refractivity contribution in [3.05, 3.63) is 60.1 Å². The first-order valence-electron chi connectivity index (χ1n) is 9.86. The molecule has 1 aromatic carbocycles. The van der Waals surface area contributed by atoms with Gasteiger partial charge in [-0.25, -0.2) is 13.4 Å². The van der Waals surface area contributed by atoms with Crippen molar-refractivity contribution in [2.75, 3.05) is 44.7 Å². The number of aromatic nitrogens is 1. The van der Waals surface area contributed by atoms with Crippen LogP contribution in [0.4, 0.5) is 5.69 Å². The molecule has 8 nitrogen and oxygen atoms in total. The number of hydrogen-bond donors (Lipinski definition) is 1. The highest BCUT2D eigenvalue weighted by molar-refractivity contribution is 7.89. The van der Waals surface area contributed by atoms with E-state index >= 15 is 0 Å². The number of nitrogens with zero attached hydrogens (tertiary/aromatic N) is 5. The smallest absolute Gasteiger partial charge is 0.243 e. The molecule has 3 heterocycles. The van der Waals surface area contributed by atoms with Crippen LogP contribution in [0.15, 0.2) is 58.8 Å². The van der Waals surface area contributed by atoms with Crippen LogP contribution >= 0.6 is 0 Å². The topological polar surface area (TPSA) is 95.1 Å². The zero-order valence-corrected chi connectivity index (χ0v) is 18.0. The van der Waals surface area contributed by atoms with Crippen LogP contribution in [0, 0.1) is 6.92 Å². The van der Waals surface area contributed by atoms with Crippen molar-refractivity contribution in [2.45, 2.75) is 11.8 Å². The third kappa shape index (κ3) is 3.96. The van der Waals surface area contributed by atoms with Gasteiger partial charge in [-0.1, -0.05) is 6.07 Å². The molecule has 4 rings (SSSR count). The molecule has 0 atom stereocenters. The van der Waals surface area contributed by atoms with E-state index in [-0.39, 0.29) is 0 Å². The third-order valence-corrected chi connectivity index (χ3v) is 7.53. The monoisotopic (exact) mass is 426 g/mol. The molecule has 0 aliphatic carbocycles. The van der Waals surface area contributed by atoms with Crippen molar-refractivity contribution in [1.29, 1.82) is 0 Å². The third-order valence-electron chi connectivity index (χ3n) is 5.47. The number of hydrogen-bond acceptors (Lipinski definition) is 7. The van der Waals surface area contributed by atoms with Crippen LogP contribution in [0.5, 0.6) is 0 Å². The van der Waals surface area contributed by atoms with Gasteiger partial charge in [-0.05, 0) is 43.8 Å². The molecule has 0 bridgehead atoms. The van der Waals surface area contributed by atoms with Crippen molar-refractivity contribution < 1.29 is 8.42 Å². The maximum atomic E-state index is 13.2. The van der Waals surface area contributed by atoms with Crippen molar-refractivity contribution in [3.8, 4) is 0 Å². The lowest BCUT2D eigenvalue weighted by molar-refractivity contribution is 0.222. The Morgan fingerprint density at radius 2 is 1.87 bits per heavy atom. The summed E-state index contributed by atoms with van der Waals surface area (Å²) in [6.45, 7) is 4.77. The van der Waals surface area contributed by atoms with Gasteiger partial charge in [0.2, 0.25) is 10.0 Å². The fraction of sp³-hybridized carbons (Fsp3) is 0.333. The van der Waals surface area contributed by atoms with Crippen LogP contribution in [0.25, 0.3) is 5.70 Å². The van der Waals surface area contributed by atoms with Gasteiger partial charge >= 0.3 is 0 Å². The van der Waals surface area contributed by atoms with E-state index in [1.807, 2.05) is 43.1 Å². The van der Waals surface area contributed by atoms with Gasteiger partial charge < -0.3 is 15.5 Å². The standard InChI is InChI=1S/C21H26N6O2S/c1-16-12-17(5-6-20(16)30(28,29)26-10-8-25(2)9-11-26)19-14-24-21(22)15-27(19)18-4-3-7-23-13-18/h3-7,12-14H,8-11,15H2,1-2H3,(H2,22,24). The maximum Gasteiger partial charge on any atom is 0.243 e. The van der Waals surface area contributed by atoms with E-state index in [4.69, 9.17) is 5.73 Å². The van der Waals surface area contributed by atoms with Gasteiger partial charge in [0.1, 0.15) is 5.84 Å². The van der Waals surface area contributed by atoms with Gasteiger partial charge in [0.05, 0.1) is 35.2 Å². The van der Waals surface area contributed by atoms with Gasteiger partial charge in [-0.2, -0.15) is 4.31 Å². The highest BCUT2D eigenvalue weighted by Gasteiger charge is 2.29. The number of aliphatic imine (C=N–C) groups is 1. The van der Waals surface area contributed by atoms with E-state index in [0.29, 0.717) is 35.9 Å². The summed E-state index contributed by atoms with van der Waals surface area (Å²) in [5.74, 6) is 0.508. The van der Waals surface area contributed by atoms with E-state index in [0.717, 1.165) is 30.0 Å². The predicted octanol–water partition coefficient (Wildman–Crippen LogP) is 1.50. The van der Waals surface area contributed by atoms with E-state index in [1.165, 1.54) is 0 Å². The summed E-state index contributed by atoms with van der Waals surface area (Å²) in [5, 5.41) is 0. The van der Waals surface area contributed by atoms with Gasteiger partial charge in [0, 0.05) is 37.9 Å². The van der Waals surface area contributed by atoms with Crippen LogP contribution in [0.2, 0.25) is 0 Å². The van der Waals surface area contributed by atoms with E-state index in [9.17, 15) is 8.42 Å². The Kier molecular flexibility index (Phi) is 5.59. The number of anilines is 1. The molecule has 2 N–H and O–H groups in total. The summed E-state index contributed by atoms with van der Waals surface area (Å²) in [6, 6.07) is 9.25. The summed E-state index contributed by atoms with van der Waals surface area (Å²) < 4.78 is 27.9. The van der Waals surface area contributed by atoms with Gasteiger partial charge in [-0.3, -0.25) is 4.98 Å². The number of rotatable bonds is 4. The Bertz CT molecular complexity index is 1090. The second-order valence-corrected chi connectivity index (χ2v) is 9.53. The Hall–Kier alpha value is -2.75. The minimum Gasteiger partial charge on any atom is -0.386 e. The van der Waals surface area contributed by atoms with Crippen LogP contribution in [-0.4, -0.2) is 68.2 Å². The van der Waals surface area contributed by atoms with Crippen LogP contribution < -0.4 is 10.6 Å². The summed E-state index contributed by atoms with van der Waals surface area (Å²) in [4.78, 5) is 13.0. The van der Waals surface area contributed by atoms with Crippen LogP contribution in [0.3, 0.4) is 0 Å². The number of benzene rings is 1. The normalized spacial score (nSPS) is 18.8. The highest BCUT2D eigenvalue weighted by Crippen LogP contribution is 2.30. The number of piperazine rings is 1. The van der Waals surface area contributed by atoms with E-state index in [2.05, 4.69) is 14.9 Å². The summed E-state index contributed by atoms with van der Waals surface area (Å²) >= 11 is 0. The fourth-order valence-electron chi connectivity index (χ4n) is 3.74. The van der Waals surface area contributed by atoms with Crippen molar-refractivity contribution in [3.63, 3.8) is 0 Å². The van der Waals surface area contributed by atoms with E-state index in [1.54, 1.807) is 29.0 Å². The summed E-state index contributed by atoms with van der Waals surface area (Å²) in [6.07, 6.45) is 5.21. The number of nitrogens with two attached hydrogens (primary N) is 1. The van der Waals surface area contributed by atoms with Crippen LogP contribution in [0.1, 0.15) is 11.1 Å². The highest BCUT2D eigenvalue weighted by atomic mass is 32.2. The first-order valence-corrected chi connectivity index (χ1v) is 11.3. The molecule has 2 aliphatic heterocycles. The molecule has 1 saturated heterocycles. The number of aryl methyl sites for hydroxylation is 1. The maximum absolute atomic E-state index is 13.2. The average molecular weight is 427 g/mol. The molecule has 0 amide bonds. The number of likely N-dealkylation sites (N-methyl/N-ethyl adjacent to an activating group) is 1. The molecule has 2 aromatic rings. The summed E-state index contributed by atoms with van der Waals surface area (Å²) in [5.41, 5.74) is 9.30. The van der Waals surface area contributed by atoms with Crippen LogP contribution in [-0.2, 0) is 10.0 Å². The molecule has 158 valence electrons. The Labute approximate surface area is 177 Å². The Morgan fingerprint density at radius 3 is 2.53 bits per heavy atom. The molecule has 9 heteroatoms. The number of pyridine rings is 1. The lowest BCUT2D eigenvalue weighted by atomic mass is 10.1. The Balaban J connectivity index is 1.67. The quantitative estimate of drug-likeness (QED) is 0.796. The number of sulfonamides is 1. The molecule has 0 radical (unpaired) electrons. The van der Waals surface area contributed by atoms with Gasteiger partial charge in [0.15, 0.2) is 0 Å². The Morgan fingerprint density at radius 1 is 1.10 bits per heavy atom. The first kappa shape index (κ1) is 20.5. The van der Waals surface area contributed by atoms with Crippen molar-refractivity contribution in [1.82, 2.24) is 14.2 Å². The van der Waals surface area contributed by atoms with Gasteiger partial charge in [0.25, 0.3) is 0 Å². The lowest BCUT2D eigenvalue weighted by Gasteiger charge is -2.32. The molecule has 1 fully saturated rings. The fourth-order valence-corrected chi connectivity index (χ4v) is 5.37. The lowest BCUT2D eigenvalue weighted by Crippen LogP contribution is -2.47. The average Bonchev–Trinajstić information content (AvgIpc) is 2.74. The minimum absolute atomic E-state index is 0.350.